The molecule has 0 saturated heterocycles. The molecule has 0 aliphatic carbocycles. The summed E-state index contributed by atoms with van der Waals surface area (Å²) in [4.78, 5) is 11.9. The summed E-state index contributed by atoms with van der Waals surface area (Å²) < 4.78 is 0. The van der Waals surface area contributed by atoms with Gasteiger partial charge in [-0.25, -0.2) is 4.79 Å². The number of hydrogen-bond donors (Lipinski definition) is 3. The van der Waals surface area contributed by atoms with Gasteiger partial charge < -0.3 is 10.6 Å². The second kappa shape index (κ2) is 7.92. The highest BCUT2D eigenvalue weighted by Gasteiger charge is 2.04. The quantitative estimate of drug-likeness (QED) is 0.658. The second-order valence-corrected chi connectivity index (χ2v) is 5.53. The molecule has 0 atom stereocenters. The van der Waals surface area contributed by atoms with Crippen molar-refractivity contribution in [2.75, 3.05) is 16.0 Å². The zero-order valence-electron chi connectivity index (χ0n) is 13.9. The van der Waals surface area contributed by atoms with Crippen LogP contribution in [0.5, 0.6) is 0 Å². The molecule has 0 aliphatic heterocycles. The van der Waals surface area contributed by atoms with Crippen molar-refractivity contribution in [1.82, 2.24) is 10.2 Å². The molecule has 126 valence electrons. The molecular formula is C19H19N5O. The average molecular weight is 333 g/mol. The topological polar surface area (TPSA) is 78.9 Å². The van der Waals surface area contributed by atoms with E-state index in [2.05, 4.69) is 45.2 Å². The van der Waals surface area contributed by atoms with E-state index in [-0.39, 0.29) is 6.03 Å². The Morgan fingerprint density at radius 1 is 0.840 bits per heavy atom. The van der Waals surface area contributed by atoms with E-state index < -0.39 is 0 Å². The van der Waals surface area contributed by atoms with E-state index in [0.717, 1.165) is 0 Å². The van der Waals surface area contributed by atoms with E-state index in [1.165, 1.54) is 11.1 Å². The first kappa shape index (κ1) is 16.4. The highest BCUT2D eigenvalue weighted by molar-refractivity contribution is 5.99. The minimum Gasteiger partial charge on any atom is -0.364 e. The molecule has 0 bridgehead atoms. The maximum atomic E-state index is 11.9. The molecule has 0 saturated carbocycles. The summed E-state index contributed by atoms with van der Waals surface area (Å²) in [5.74, 6) is 1.03. The number of nitrogens with one attached hydrogen (secondary N) is 3. The third-order valence-corrected chi connectivity index (χ3v) is 3.66. The molecular weight excluding hydrogens is 314 g/mol. The summed E-state index contributed by atoms with van der Waals surface area (Å²) in [6, 6.07) is 20.5. The van der Waals surface area contributed by atoms with Gasteiger partial charge in [-0.15, -0.1) is 10.2 Å². The summed E-state index contributed by atoms with van der Waals surface area (Å²) in [5, 5.41) is 16.7. The van der Waals surface area contributed by atoms with Gasteiger partial charge in [0.25, 0.3) is 0 Å². The van der Waals surface area contributed by atoms with Crippen molar-refractivity contribution in [3.63, 3.8) is 0 Å². The molecule has 6 heteroatoms. The number of urea groups is 1. The molecule has 0 spiro atoms. The van der Waals surface area contributed by atoms with Gasteiger partial charge in [0.05, 0.1) is 0 Å². The Kier molecular flexibility index (Phi) is 5.21. The summed E-state index contributed by atoms with van der Waals surface area (Å²) in [6.07, 6.45) is 0. The van der Waals surface area contributed by atoms with Gasteiger partial charge in [0.15, 0.2) is 5.82 Å². The Labute approximate surface area is 146 Å². The predicted octanol–water partition coefficient (Wildman–Crippen LogP) is 4.04. The van der Waals surface area contributed by atoms with Crippen LogP contribution in [0.25, 0.3) is 0 Å². The lowest BCUT2D eigenvalue weighted by Gasteiger charge is -2.09. The van der Waals surface area contributed by atoms with Crippen LogP contribution < -0.4 is 16.0 Å². The monoisotopic (exact) mass is 333 g/mol. The lowest BCUT2D eigenvalue weighted by atomic mass is 10.1. The lowest BCUT2D eigenvalue weighted by molar-refractivity contribution is 0.262. The summed E-state index contributed by atoms with van der Waals surface area (Å²) in [5.41, 5.74) is 3.14. The van der Waals surface area contributed by atoms with Crippen molar-refractivity contribution < 1.29 is 4.79 Å². The van der Waals surface area contributed by atoms with Crippen LogP contribution in [0.15, 0.2) is 66.7 Å². The molecule has 25 heavy (non-hydrogen) atoms. The highest BCUT2D eigenvalue weighted by atomic mass is 16.2. The number of hydrogen-bond acceptors (Lipinski definition) is 4. The zero-order valence-corrected chi connectivity index (χ0v) is 13.9. The number of carbonyl (C=O) groups excluding carboxylic acids is 1. The van der Waals surface area contributed by atoms with Crippen LogP contribution in [0, 0.1) is 6.92 Å². The number of carbonyl (C=O) groups is 1. The summed E-state index contributed by atoms with van der Waals surface area (Å²) >= 11 is 0. The summed E-state index contributed by atoms with van der Waals surface area (Å²) in [6.45, 7) is 2.74. The van der Waals surface area contributed by atoms with E-state index in [0.29, 0.717) is 23.9 Å². The maximum Gasteiger partial charge on any atom is 0.324 e. The van der Waals surface area contributed by atoms with E-state index in [1.54, 1.807) is 12.1 Å². The number of benzene rings is 2. The van der Waals surface area contributed by atoms with Gasteiger partial charge in [-0.1, -0.05) is 42.5 Å². The Bertz CT molecular complexity index is 834. The fraction of sp³-hybridized carbons (Fsp3) is 0.105. The number of amides is 2. The number of rotatable bonds is 5. The molecule has 1 heterocycles. The van der Waals surface area contributed by atoms with E-state index in [4.69, 9.17) is 0 Å². The fourth-order valence-electron chi connectivity index (χ4n) is 2.29. The molecule has 3 aromatic rings. The van der Waals surface area contributed by atoms with Crippen molar-refractivity contribution in [3.05, 3.63) is 77.9 Å². The smallest absolute Gasteiger partial charge is 0.324 e. The average Bonchev–Trinajstić information content (AvgIpc) is 2.63. The molecule has 3 N–H and O–H groups in total. The number of anilines is 3. The van der Waals surface area contributed by atoms with Gasteiger partial charge in [0.2, 0.25) is 0 Å². The molecule has 2 aromatic carbocycles. The second-order valence-electron chi connectivity index (χ2n) is 5.53. The first-order chi connectivity index (χ1) is 12.2. The first-order valence-corrected chi connectivity index (χ1v) is 7.96. The Morgan fingerprint density at radius 3 is 2.24 bits per heavy atom. The van der Waals surface area contributed by atoms with Crippen LogP contribution in [0.3, 0.4) is 0 Å². The van der Waals surface area contributed by atoms with Crippen molar-refractivity contribution in [2.24, 2.45) is 0 Å². The molecule has 6 nitrogen and oxygen atoms in total. The molecule has 0 radical (unpaired) electrons. The van der Waals surface area contributed by atoms with Crippen LogP contribution in [-0.4, -0.2) is 16.2 Å². The van der Waals surface area contributed by atoms with Gasteiger partial charge >= 0.3 is 6.03 Å². The third kappa shape index (κ3) is 4.78. The Hall–Kier alpha value is -3.41. The number of aromatic nitrogens is 2. The molecule has 0 fully saturated rings. The van der Waals surface area contributed by atoms with Crippen LogP contribution in [0.4, 0.5) is 22.1 Å². The minimum atomic E-state index is -0.360. The van der Waals surface area contributed by atoms with E-state index >= 15 is 0 Å². The SMILES string of the molecule is Cc1ccccc1CNc1ccc(NC(=O)Nc2ccccc2)nn1. The van der Waals surface area contributed by atoms with Gasteiger partial charge in [-0.05, 0) is 42.3 Å². The number of aryl methyl sites for hydroxylation is 1. The zero-order chi connectivity index (χ0) is 17.5. The van der Waals surface area contributed by atoms with Crippen LogP contribution in [0.2, 0.25) is 0 Å². The molecule has 1 aromatic heterocycles. The Morgan fingerprint density at radius 2 is 1.52 bits per heavy atom. The van der Waals surface area contributed by atoms with E-state index in [1.807, 2.05) is 42.5 Å². The number of para-hydroxylation sites is 1. The predicted molar refractivity (Wildman–Crippen MR) is 99.6 cm³/mol. The lowest BCUT2D eigenvalue weighted by Crippen LogP contribution is -2.20. The van der Waals surface area contributed by atoms with Crippen molar-refractivity contribution in [3.8, 4) is 0 Å². The fourth-order valence-corrected chi connectivity index (χ4v) is 2.29. The van der Waals surface area contributed by atoms with Crippen molar-refractivity contribution in [2.45, 2.75) is 13.5 Å². The maximum absolute atomic E-state index is 11.9. The van der Waals surface area contributed by atoms with Gasteiger partial charge in [-0.3, -0.25) is 5.32 Å². The minimum absolute atomic E-state index is 0.360. The number of nitrogens with zero attached hydrogens (tertiary/aromatic N) is 2. The molecule has 0 unspecified atom stereocenters. The third-order valence-electron chi connectivity index (χ3n) is 3.66. The van der Waals surface area contributed by atoms with Crippen LogP contribution in [-0.2, 0) is 6.54 Å². The first-order valence-electron chi connectivity index (χ1n) is 7.96. The van der Waals surface area contributed by atoms with Crippen molar-refractivity contribution in [1.29, 1.82) is 0 Å². The van der Waals surface area contributed by atoms with Gasteiger partial charge in [0.1, 0.15) is 5.82 Å². The Balaban J connectivity index is 1.53. The van der Waals surface area contributed by atoms with Gasteiger partial charge in [0, 0.05) is 12.2 Å². The summed E-state index contributed by atoms with van der Waals surface area (Å²) in [7, 11) is 0. The van der Waals surface area contributed by atoms with Crippen molar-refractivity contribution >= 4 is 23.4 Å². The van der Waals surface area contributed by atoms with E-state index in [9.17, 15) is 4.79 Å². The highest BCUT2D eigenvalue weighted by Crippen LogP contribution is 2.12. The molecule has 2 amide bonds. The molecule has 0 aliphatic rings. The molecule has 3 rings (SSSR count). The van der Waals surface area contributed by atoms with Crippen LogP contribution >= 0.6 is 0 Å². The normalized spacial score (nSPS) is 10.1. The standard InChI is InChI=1S/C19H19N5O/c1-14-7-5-6-8-15(14)13-20-17-11-12-18(24-23-17)22-19(25)21-16-9-3-2-4-10-16/h2-12H,13H2,1H3,(H,20,23)(H2,21,22,24,25). The van der Waals surface area contributed by atoms with Crippen LogP contribution in [0.1, 0.15) is 11.1 Å². The van der Waals surface area contributed by atoms with Gasteiger partial charge in [-0.2, -0.15) is 0 Å². The largest absolute Gasteiger partial charge is 0.364 e.